The molecular formula is C82H160O17P2. The number of aliphatic hydroxyl groups excluding tert-OH is 1. The van der Waals surface area contributed by atoms with Gasteiger partial charge in [-0.1, -0.05) is 382 Å². The zero-order valence-electron chi connectivity index (χ0n) is 66.2. The summed E-state index contributed by atoms with van der Waals surface area (Å²) in [5.41, 5.74) is 0. The van der Waals surface area contributed by atoms with Crippen molar-refractivity contribution in [1.82, 2.24) is 0 Å². The average Bonchev–Trinajstić information content (AvgIpc) is 0.932. The zero-order valence-corrected chi connectivity index (χ0v) is 68.0. The molecule has 0 spiro atoms. The van der Waals surface area contributed by atoms with Gasteiger partial charge < -0.3 is 33.8 Å². The second-order valence-electron chi connectivity index (χ2n) is 30.2. The van der Waals surface area contributed by atoms with E-state index in [0.29, 0.717) is 25.7 Å². The minimum Gasteiger partial charge on any atom is -0.462 e. The molecule has 3 N–H and O–H groups in total. The van der Waals surface area contributed by atoms with Crippen LogP contribution in [-0.2, 0) is 65.4 Å². The van der Waals surface area contributed by atoms with E-state index in [4.69, 9.17) is 37.0 Å². The van der Waals surface area contributed by atoms with Gasteiger partial charge in [0.1, 0.15) is 19.3 Å². The van der Waals surface area contributed by atoms with Gasteiger partial charge in [-0.3, -0.25) is 37.3 Å². The molecule has 101 heavy (non-hydrogen) atoms. The fourth-order valence-corrected chi connectivity index (χ4v) is 14.3. The second kappa shape index (κ2) is 73.6. The van der Waals surface area contributed by atoms with Crippen molar-refractivity contribution in [1.29, 1.82) is 0 Å². The van der Waals surface area contributed by atoms with Crippen LogP contribution in [0.3, 0.4) is 0 Å². The molecule has 0 rings (SSSR count). The molecule has 0 aromatic heterocycles. The monoisotopic (exact) mass is 1480 g/mol. The first kappa shape index (κ1) is 99.1. The highest BCUT2D eigenvalue weighted by Crippen LogP contribution is 2.45. The van der Waals surface area contributed by atoms with Crippen LogP contribution in [0.15, 0.2) is 0 Å². The number of esters is 4. The number of aliphatic hydroxyl groups is 1. The van der Waals surface area contributed by atoms with Crippen molar-refractivity contribution in [2.24, 2.45) is 11.8 Å². The lowest BCUT2D eigenvalue weighted by atomic mass is 9.99. The Bertz CT molecular complexity index is 1940. The smallest absolute Gasteiger partial charge is 0.462 e. The quantitative estimate of drug-likeness (QED) is 0.0222. The van der Waals surface area contributed by atoms with Gasteiger partial charge in [0.2, 0.25) is 0 Å². The molecule has 600 valence electrons. The summed E-state index contributed by atoms with van der Waals surface area (Å²) < 4.78 is 68.6. The van der Waals surface area contributed by atoms with Crippen molar-refractivity contribution in [3.05, 3.63) is 0 Å². The van der Waals surface area contributed by atoms with E-state index >= 15 is 0 Å². The molecule has 0 saturated heterocycles. The molecule has 0 aliphatic heterocycles. The van der Waals surface area contributed by atoms with Gasteiger partial charge in [0.15, 0.2) is 12.2 Å². The number of phosphoric acid groups is 2. The number of hydrogen-bond donors (Lipinski definition) is 3. The normalized spacial score (nSPS) is 14.2. The van der Waals surface area contributed by atoms with Crippen molar-refractivity contribution < 1.29 is 80.2 Å². The molecule has 6 atom stereocenters. The van der Waals surface area contributed by atoms with Crippen molar-refractivity contribution in [2.45, 2.75) is 452 Å². The molecule has 3 unspecified atom stereocenters. The van der Waals surface area contributed by atoms with Gasteiger partial charge in [-0.2, -0.15) is 0 Å². The van der Waals surface area contributed by atoms with E-state index in [9.17, 15) is 43.2 Å². The van der Waals surface area contributed by atoms with Crippen LogP contribution in [0.1, 0.15) is 433 Å². The SMILES string of the molecule is CCCCCCCCCCCCCC(=O)O[C@H](COC(=O)CCCCCCCCCCC)COP(=O)(O)OC[C@H](O)COP(=O)(O)OC[C@@H](COC(=O)CCCCCCCCCCCCCCCCCCC(C)C)OC(=O)CCCCCCCCCCCCCCCCCCCCC(C)CC. The van der Waals surface area contributed by atoms with Gasteiger partial charge >= 0.3 is 39.5 Å². The van der Waals surface area contributed by atoms with E-state index in [2.05, 4.69) is 41.5 Å². The summed E-state index contributed by atoms with van der Waals surface area (Å²) in [5, 5.41) is 10.6. The Morgan fingerprint density at radius 3 is 0.752 bits per heavy atom. The highest BCUT2D eigenvalue weighted by Gasteiger charge is 2.30. The number of hydrogen-bond acceptors (Lipinski definition) is 15. The van der Waals surface area contributed by atoms with E-state index in [1.54, 1.807) is 0 Å². The summed E-state index contributed by atoms with van der Waals surface area (Å²) >= 11 is 0. The number of ether oxygens (including phenoxy) is 4. The van der Waals surface area contributed by atoms with Gasteiger partial charge in [0.05, 0.1) is 26.4 Å². The Balaban J connectivity index is 5.18. The molecule has 0 bridgehead atoms. The molecule has 0 radical (unpaired) electrons. The van der Waals surface area contributed by atoms with Gasteiger partial charge in [-0.25, -0.2) is 9.13 Å². The third kappa shape index (κ3) is 74.7. The maximum atomic E-state index is 13.1. The highest BCUT2D eigenvalue weighted by atomic mass is 31.2. The maximum absolute atomic E-state index is 13.1. The van der Waals surface area contributed by atoms with Gasteiger partial charge in [-0.05, 0) is 37.5 Å². The number of phosphoric ester groups is 2. The molecule has 0 aromatic rings. The van der Waals surface area contributed by atoms with Gasteiger partial charge in [0.25, 0.3) is 0 Å². The Kier molecular flexibility index (Phi) is 72.2. The van der Waals surface area contributed by atoms with E-state index in [0.717, 1.165) is 102 Å². The molecule has 0 aliphatic carbocycles. The fourth-order valence-electron chi connectivity index (χ4n) is 12.7. The first-order chi connectivity index (χ1) is 48.9. The molecule has 0 amide bonds. The number of carbonyl (C=O) groups excluding carboxylic acids is 4. The van der Waals surface area contributed by atoms with Crippen LogP contribution < -0.4 is 0 Å². The summed E-state index contributed by atoms with van der Waals surface area (Å²) in [7, 11) is -9.91. The molecule has 17 nitrogen and oxygen atoms in total. The first-order valence-corrected chi connectivity index (χ1v) is 45.5. The van der Waals surface area contributed by atoms with Crippen molar-refractivity contribution in [3.8, 4) is 0 Å². The highest BCUT2D eigenvalue weighted by molar-refractivity contribution is 7.47. The summed E-state index contributed by atoms with van der Waals surface area (Å²) in [4.78, 5) is 72.9. The first-order valence-electron chi connectivity index (χ1n) is 42.5. The summed E-state index contributed by atoms with van der Waals surface area (Å²) in [6.07, 6.45) is 63.9. The molecular weight excluding hydrogens is 1320 g/mol. The van der Waals surface area contributed by atoms with Crippen molar-refractivity contribution in [2.75, 3.05) is 39.6 Å². The van der Waals surface area contributed by atoms with E-state index in [-0.39, 0.29) is 25.7 Å². The van der Waals surface area contributed by atoms with Crippen LogP contribution in [0.4, 0.5) is 0 Å². The van der Waals surface area contributed by atoms with Crippen LogP contribution in [0.25, 0.3) is 0 Å². The lowest BCUT2D eigenvalue weighted by Crippen LogP contribution is -2.30. The average molecular weight is 1480 g/mol. The summed E-state index contributed by atoms with van der Waals surface area (Å²) in [5.74, 6) is -0.425. The maximum Gasteiger partial charge on any atom is 0.472 e. The number of rotatable bonds is 81. The Hall–Kier alpha value is -1.94. The van der Waals surface area contributed by atoms with E-state index < -0.39 is 97.5 Å². The predicted octanol–water partition coefficient (Wildman–Crippen LogP) is 24.7. The lowest BCUT2D eigenvalue weighted by molar-refractivity contribution is -0.161. The lowest BCUT2D eigenvalue weighted by Gasteiger charge is -2.21. The Morgan fingerprint density at radius 2 is 0.505 bits per heavy atom. The number of carbonyl (C=O) groups is 4. The van der Waals surface area contributed by atoms with Crippen LogP contribution in [0, 0.1) is 11.8 Å². The van der Waals surface area contributed by atoms with Gasteiger partial charge in [-0.15, -0.1) is 0 Å². The third-order valence-corrected chi connectivity index (χ3v) is 21.5. The second-order valence-corrected chi connectivity index (χ2v) is 33.1. The van der Waals surface area contributed by atoms with Crippen molar-refractivity contribution >= 4 is 39.5 Å². The summed E-state index contributed by atoms with van der Waals surface area (Å²) in [6.45, 7) is 9.72. The van der Waals surface area contributed by atoms with Crippen LogP contribution in [0.5, 0.6) is 0 Å². The zero-order chi connectivity index (χ0) is 74.2. The van der Waals surface area contributed by atoms with E-state index in [1.807, 2.05) is 0 Å². The number of unbranched alkanes of at least 4 members (excludes halogenated alkanes) is 50. The fraction of sp³-hybridized carbons (Fsp3) is 0.951. The predicted molar refractivity (Wildman–Crippen MR) is 414 cm³/mol. The topological polar surface area (TPSA) is 237 Å². The Labute approximate surface area is 619 Å². The van der Waals surface area contributed by atoms with Crippen LogP contribution in [0.2, 0.25) is 0 Å². The minimum absolute atomic E-state index is 0.107. The third-order valence-electron chi connectivity index (χ3n) is 19.6. The standard InChI is InChI=1S/C82H160O17P2/c1-7-10-12-14-16-18-33-42-48-54-60-66-81(86)98-77(70-92-79(84)64-58-52-46-38-17-15-13-11-8-2)72-96-100(88,89)94-68-76(83)69-95-101(90,91)97-73-78(71-93-80(85)65-59-53-47-41-36-31-27-24-23-25-29-34-39-44-50-56-62-74(4)5)99-82(87)67-61-55-49-43-37-32-28-22-20-19-21-26-30-35-40-45-51-57-63-75(6)9-3/h74-78,83H,7-73H2,1-6H3,(H,88,89)(H,90,91)/t75?,76-,77+,78+/m0/s1. The van der Waals surface area contributed by atoms with Gasteiger partial charge in [0, 0.05) is 25.7 Å². The molecule has 19 heteroatoms. The summed E-state index contributed by atoms with van der Waals surface area (Å²) in [6, 6.07) is 0. The van der Waals surface area contributed by atoms with Crippen LogP contribution >= 0.6 is 15.6 Å². The minimum atomic E-state index is -4.96. The van der Waals surface area contributed by atoms with Crippen molar-refractivity contribution in [3.63, 3.8) is 0 Å². The Morgan fingerprint density at radius 1 is 0.287 bits per heavy atom. The molecule has 0 saturated carbocycles. The molecule has 0 aromatic carbocycles. The molecule has 0 aliphatic rings. The molecule has 0 fully saturated rings. The largest absolute Gasteiger partial charge is 0.472 e. The van der Waals surface area contributed by atoms with E-state index in [1.165, 1.54) is 250 Å². The van der Waals surface area contributed by atoms with Crippen LogP contribution in [-0.4, -0.2) is 96.7 Å². The molecule has 0 heterocycles.